The van der Waals surface area contributed by atoms with Gasteiger partial charge in [0, 0.05) is 4.88 Å². The van der Waals surface area contributed by atoms with E-state index in [2.05, 4.69) is 26.1 Å². The van der Waals surface area contributed by atoms with Crippen molar-refractivity contribution in [2.45, 2.75) is 60.8 Å². The summed E-state index contributed by atoms with van der Waals surface area (Å²) in [6.07, 6.45) is 2.80. The van der Waals surface area contributed by atoms with E-state index in [4.69, 9.17) is 9.15 Å². The molecule has 1 atom stereocenters. The molecule has 2 aromatic rings. The number of hydrogen-bond donors (Lipinski definition) is 1. The number of hydrogen-bond acceptors (Lipinski definition) is 5. The number of carbonyl (C=O) groups excluding carboxylic acids is 2. The Morgan fingerprint density at radius 1 is 1.32 bits per heavy atom. The van der Waals surface area contributed by atoms with E-state index >= 15 is 0 Å². The standard InChI is InChI=1S/C22H29NO4S/c1-7-26-21(25)18-15-9-8-14(22(4,5)6)11-17(15)28-20(18)23-19(24)16-10-12(2)27-13(16)3/h10,14H,7-9,11H2,1-6H3,(H,23,24)/t14-/m1/s1. The summed E-state index contributed by atoms with van der Waals surface area (Å²) in [6, 6.07) is 1.72. The lowest BCUT2D eigenvalue weighted by molar-refractivity contribution is 0.0526. The molecule has 6 heteroatoms. The molecule has 1 aliphatic rings. The maximum absolute atomic E-state index is 12.8. The molecule has 152 valence electrons. The Bertz CT molecular complexity index is 901. The summed E-state index contributed by atoms with van der Waals surface area (Å²) >= 11 is 1.51. The lowest BCUT2D eigenvalue weighted by atomic mass is 9.72. The van der Waals surface area contributed by atoms with E-state index in [0.717, 1.165) is 24.8 Å². The fourth-order valence-electron chi connectivity index (χ4n) is 3.86. The molecule has 0 aromatic carbocycles. The zero-order chi connectivity index (χ0) is 20.6. The fourth-order valence-corrected chi connectivity index (χ4v) is 5.17. The monoisotopic (exact) mass is 403 g/mol. The first kappa shape index (κ1) is 20.6. The van der Waals surface area contributed by atoms with Crippen molar-refractivity contribution in [3.63, 3.8) is 0 Å². The average Bonchev–Trinajstić information content (AvgIpc) is 3.12. The van der Waals surface area contributed by atoms with E-state index < -0.39 is 0 Å². The molecule has 28 heavy (non-hydrogen) atoms. The predicted molar refractivity (Wildman–Crippen MR) is 111 cm³/mol. The summed E-state index contributed by atoms with van der Waals surface area (Å²) in [6.45, 7) is 12.5. The lowest BCUT2D eigenvalue weighted by Crippen LogP contribution is -2.26. The first-order chi connectivity index (χ1) is 13.1. The van der Waals surface area contributed by atoms with Crippen LogP contribution < -0.4 is 5.32 Å². The number of carbonyl (C=O) groups is 2. The minimum Gasteiger partial charge on any atom is -0.466 e. The van der Waals surface area contributed by atoms with Crippen molar-refractivity contribution in [3.05, 3.63) is 39.2 Å². The number of aryl methyl sites for hydroxylation is 2. The Morgan fingerprint density at radius 2 is 2.04 bits per heavy atom. The van der Waals surface area contributed by atoms with Crippen molar-refractivity contribution in [1.82, 2.24) is 0 Å². The van der Waals surface area contributed by atoms with Gasteiger partial charge in [0.25, 0.3) is 5.91 Å². The molecule has 1 N–H and O–H groups in total. The Labute approximate surface area is 170 Å². The third kappa shape index (κ3) is 4.02. The number of furan rings is 1. The zero-order valence-corrected chi connectivity index (χ0v) is 18.3. The van der Waals surface area contributed by atoms with Crippen LogP contribution >= 0.6 is 11.3 Å². The summed E-state index contributed by atoms with van der Waals surface area (Å²) in [5.74, 6) is 1.19. The van der Waals surface area contributed by atoms with Crippen LogP contribution in [0.4, 0.5) is 5.00 Å². The van der Waals surface area contributed by atoms with Crippen LogP contribution in [0.1, 0.15) is 76.8 Å². The lowest BCUT2D eigenvalue weighted by Gasteiger charge is -2.33. The van der Waals surface area contributed by atoms with Gasteiger partial charge in [-0.2, -0.15) is 0 Å². The number of thiophene rings is 1. The van der Waals surface area contributed by atoms with Gasteiger partial charge in [0.2, 0.25) is 0 Å². The van der Waals surface area contributed by atoms with Crippen LogP contribution in [-0.4, -0.2) is 18.5 Å². The van der Waals surface area contributed by atoms with Crippen LogP contribution in [0.2, 0.25) is 0 Å². The molecular weight excluding hydrogens is 374 g/mol. The number of nitrogens with one attached hydrogen (secondary N) is 1. The van der Waals surface area contributed by atoms with Crippen molar-refractivity contribution in [2.24, 2.45) is 11.3 Å². The summed E-state index contributed by atoms with van der Waals surface area (Å²) in [7, 11) is 0. The number of esters is 1. The molecule has 0 bridgehead atoms. The molecule has 5 nitrogen and oxygen atoms in total. The van der Waals surface area contributed by atoms with Gasteiger partial charge in [-0.3, -0.25) is 4.79 Å². The van der Waals surface area contributed by atoms with E-state index in [1.807, 2.05) is 6.92 Å². The maximum atomic E-state index is 12.8. The molecule has 0 saturated heterocycles. The molecule has 2 aromatic heterocycles. The van der Waals surface area contributed by atoms with Gasteiger partial charge in [0.15, 0.2) is 0 Å². The van der Waals surface area contributed by atoms with Crippen LogP contribution in [0.5, 0.6) is 0 Å². The smallest absolute Gasteiger partial charge is 0.341 e. The average molecular weight is 404 g/mol. The Hall–Kier alpha value is -2.08. The minimum atomic E-state index is -0.357. The molecule has 0 spiro atoms. The largest absolute Gasteiger partial charge is 0.466 e. The number of amides is 1. The third-order valence-electron chi connectivity index (χ3n) is 5.48. The molecule has 0 aliphatic heterocycles. The Morgan fingerprint density at radius 3 is 2.61 bits per heavy atom. The highest BCUT2D eigenvalue weighted by Crippen LogP contribution is 2.44. The van der Waals surface area contributed by atoms with E-state index in [1.165, 1.54) is 16.2 Å². The van der Waals surface area contributed by atoms with Gasteiger partial charge in [0.05, 0.1) is 17.7 Å². The van der Waals surface area contributed by atoms with Crippen LogP contribution in [0, 0.1) is 25.2 Å². The number of ether oxygens (including phenoxy) is 1. The second-order valence-electron chi connectivity index (χ2n) is 8.52. The molecule has 0 fully saturated rings. The normalized spacial score (nSPS) is 16.6. The van der Waals surface area contributed by atoms with Crippen molar-refractivity contribution in [2.75, 3.05) is 11.9 Å². The van der Waals surface area contributed by atoms with Gasteiger partial charge in [-0.05, 0) is 63.0 Å². The molecule has 0 saturated carbocycles. The summed E-state index contributed by atoms with van der Waals surface area (Å²) in [4.78, 5) is 26.7. The van der Waals surface area contributed by atoms with Crippen molar-refractivity contribution >= 4 is 28.2 Å². The van der Waals surface area contributed by atoms with Gasteiger partial charge in [-0.25, -0.2) is 4.79 Å². The minimum absolute atomic E-state index is 0.209. The SMILES string of the molecule is CCOC(=O)c1c(NC(=O)c2cc(C)oc2C)sc2c1CC[C@@H](C(C)(C)C)C2. The third-order valence-corrected chi connectivity index (χ3v) is 6.65. The van der Waals surface area contributed by atoms with Gasteiger partial charge in [-0.1, -0.05) is 20.8 Å². The highest BCUT2D eigenvalue weighted by atomic mass is 32.1. The maximum Gasteiger partial charge on any atom is 0.341 e. The number of fused-ring (bicyclic) bond motifs is 1. The van der Waals surface area contributed by atoms with Crippen LogP contribution in [0.25, 0.3) is 0 Å². The quantitative estimate of drug-likeness (QED) is 0.681. The topological polar surface area (TPSA) is 68.5 Å². The van der Waals surface area contributed by atoms with Crippen LogP contribution in [0.3, 0.4) is 0 Å². The molecule has 3 rings (SSSR count). The number of rotatable bonds is 4. The summed E-state index contributed by atoms with van der Waals surface area (Å²) in [5, 5.41) is 3.53. The number of anilines is 1. The van der Waals surface area contributed by atoms with E-state index in [-0.39, 0.29) is 17.3 Å². The Balaban J connectivity index is 1.96. The Kier molecular flexibility index (Phi) is 5.71. The van der Waals surface area contributed by atoms with E-state index in [1.54, 1.807) is 19.9 Å². The van der Waals surface area contributed by atoms with Crippen molar-refractivity contribution < 1.29 is 18.7 Å². The van der Waals surface area contributed by atoms with Gasteiger partial charge in [0.1, 0.15) is 16.5 Å². The van der Waals surface area contributed by atoms with Gasteiger partial charge in [-0.15, -0.1) is 11.3 Å². The summed E-state index contributed by atoms with van der Waals surface area (Å²) in [5.41, 5.74) is 2.27. The highest BCUT2D eigenvalue weighted by Gasteiger charge is 2.34. The summed E-state index contributed by atoms with van der Waals surface area (Å²) < 4.78 is 10.8. The van der Waals surface area contributed by atoms with Gasteiger partial charge < -0.3 is 14.5 Å². The second kappa shape index (κ2) is 7.74. The predicted octanol–water partition coefficient (Wildman–Crippen LogP) is 5.54. The molecule has 2 heterocycles. The zero-order valence-electron chi connectivity index (χ0n) is 17.5. The molecule has 0 unspecified atom stereocenters. The van der Waals surface area contributed by atoms with Crippen molar-refractivity contribution in [1.29, 1.82) is 0 Å². The van der Waals surface area contributed by atoms with E-state index in [0.29, 0.717) is 40.2 Å². The first-order valence-corrected chi connectivity index (χ1v) is 10.6. The molecule has 0 radical (unpaired) electrons. The second-order valence-corrected chi connectivity index (χ2v) is 9.62. The van der Waals surface area contributed by atoms with Gasteiger partial charge >= 0.3 is 5.97 Å². The van der Waals surface area contributed by atoms with Crippen molar-refractivity contribution in [3.8, 4) is 0 Å². The molecular formula is C22H29NO4S. The fraction of sp³-hybridized carbons (Fsp3) is 0.545. The van der Waals surface area contributed by atoms with Crippen LogP contribution in [-0.2, 0) is 17.6 Å². The first-order valence-electron chi connectivity index (χ1n) is 9.81. The highest BCUT2D eigenvalue weighted by molar-refractivity contribution is 7.17. The van der Waals surface area contributed by atoms with Crippen LogP contribution in [0.15, 0.2) is 10.5 Å². The van der Waals surface area contributed by atoms with E-state index in [9.17, 15) is 9.59 Å². The molecule has 1 amide bonds. The molecule has 1 aliphatic carbocycles.